The Kier molecular flexibility index (Phi) is 6.50. The van der Waals surface area contributed by atoms with Crippen molar-refractivity contribution < 1.29 is 0 Å². The van der Waals surface area contributed by atoms with Crippen LogP contribution in [0.5, 0.6) is 0 Å². The molecule has 0 saturated carbocycles. The van der Waals surface area contributed by atoms with Gasteiger partial charge in [-0.1, -0.05) is 53.7 Å². The van der Waals surface area contributed by atoms with E-state index in [-0.39, 0.29) is 0 Å². The fraction of sp³-hybridized carbons (Fsp3) is 0.176. The molecule has 0 bridgehead atoms. The molecule has 4 nitrogen and oxygen atoms in total. The number of hydrogen-bond donors (Lipinski definition) is 1. The van der Waals surface area contributed by atoms with Crippen LogP contribution in [0.1, 0.15) is 11.1 Å². The fourth-order valence-corrected chi connectivity index (χ4v) is 2.64. The first-order valence-corrected chi connectivity index (χ1v) is 8.42. The van der Waals surface area contributed by atoms with Gasteiger partial charge in [0.1, 0.15) is 0 Å². The Hall–Kier alpha value is -1.98. The van der Waals surface area contributed by atoms with Gasteiger partial charge >= 0.3 is 0 Å². The number of halogens is 1. The van der Waals surface area contributed by atoms with Gasteiger partial charge in [-0.3, -0.25) is 0 Å². The second-order valence-corrected chi connectivity index (χ2v) is 6.46. The van der Waals surface area contributed by atoms with E-state index in [1.54, 1.807) is 6.21 Å². The van der Waals surface area contributed by atoms with Gasteiger partial charge in [0.05, 0.1) is 11.2 Å². The molecule has 6 heteroatoms. The van der Waals surface area contributed by atoms with Crippen molar-refractivity contribution in [3.63, 3.8) is 0 Å². The van der Waals surface area contributed by atoms with E-state index < -0.39 is 0 Å². The lowest BCUT2D eigenvalue weighted by molar-refractivity contribution is 1.13. The van der Waals surface area contributed by atoms with Gasteiger partial charge in [0, 0.05) is 31.1 Å². The number of benzene rings is 2. The standard InChI is InChI=1S/C17H19ClN4S/c1-22(2)15-9-8-14(16(18)10-15)11-20-21-17(19)23-12-13-6-4-3-5-7-13/h3-11H,12H2,1-2H3,(H2,19,21). The van der Waals surface area contributed by atoms with E-state index in [1.165, 1.54) is 17.3 Å². The molecule has 0 aliphatic heterocycles. The molecule has 0 aliphatic carbocycles. The number of rotatable bonds is 5. The lowest BCUT2D eigenvalue weighted by Gasteiger charge is -2.12. The van der Waals surface area contributed by atoms with Crippen molar-refractivity contribution in [3.05, 3.63) is 64.7 Å². The van der Waals surface area contributed by atoms with E-state index in [1.807, 2.05) is 55.4 Å². The first kappa shape index (κ1) is 17.4. The summed E-state index contributed by atoms with van der Waals surface area (Å²) in [6.45, 7) is 0. The average molecular weight is 347 g/mol. The zero-order valence-electron chi connectivity index (χ0n) is 13.1. The number of anilines is 1. The largest absolute Gasteiger partial charge is 0.378 e. The molecule has 0 heterocycles. The van der Waals surface area contributed by atoms with Gasteiger partial charge in [0.25, 0.3) is 0 Å². The van der Waals surface area contributed by atoms with Gasteiger partial charge in [-0.05, 0) is 23.8 Å². The van der Waals surface area contributed by atoms with Crippen molar-refractivity contribution >= 4 is 40.4 Å². The lowest BCUT2D eigenvalue weighted by Crippen LogP contribution is -2.08. The average Bonchev–Trinajstić information content (AvgIpc) is 2.55. The molecule has 0 amide bonds. The van der Waals surface area contributed by atoms with Crippen LogP contribution in [0.3, 0.4) is 0 Å². The van der Waals surface area contributed by atoms with Gasteiger partial charge in [0.2, 0.25) is 0 Å². The Morgan fingerprint density at radius 2 is 1.96 bits per heavy atom. The third-order valence-corrected chi connectivity index (χ3v) is 4.27. The summed E-state index contributed by atoms with van der Waals surface area (Å²) >= 11 is 7.68. The molecule has 0 aromatic heterocycles. The normalized spacial score (nSPS) is 11.9. The van der Waals surface area contributed by atoms with Crippen LogP contribution in [0.4, 0.5) is 5.69 Å². The van der Waals surface area contributed by atoms with Gasteiger partial charge in [-0.15, -0.1) is 5.10 Å². The molecule has 2 aromatic rings. The SMILES string of the molecule is CN(C)c1ccc(C=NN=C(N)SCc2ccccc2)c(Cl)c1. The highest BCUT2D eigenvalue weighted by Crippen LogP contribution is 2.21. The molecule has 0 saturated heterocycles. The summed E-state index contributed by atoms with van der Waals surface area (Å²) in [4.78, 5) is 1.99. The summed E-state index contributed by atoms with van der Waals surface area (Å²) in [5.74, 6) is 0.768. The van der Waals surface area contributed by atoms with Crippen molar-refractivity contribution in [3.8, 4) is 0 Å². The summed E-state index contributed by atoms with van der Waals surface area (Å²) in [6, 6.07) is 15.9. The zero-order chi connectivity index (χ0) is 16.7. The minimum atomic E-state index is 0.422. The summed E-state index contributed by atoms with van der Waals surface area (Å²) in [7, 11) is 3.93. The quantitative estimate of drug-likeness (QED) is 0.506. The summed E-state index contributed by atoms with van der Waals surface area (Å²) < 4.78 is 0. The van der Waals surface area contributed by atoms with Gasteiger partial charge < -0.3 is 10.6 Å². The van der Waals surface area contributed by atoms with Crippen LogP contribution in [-0.2, 0) is 5.75 Å². The molecule has 23 heavy (non-hydrogen) atoms. The summed E-state index contributed by atoms with van der Waals surface area (Å²) in [5.41, 5.74) is 8.89. The Balaban J connectivity index is 1.94. The predicted molar refractivity (Wildman–Crippen MR) is 103 cm³/mol. The van der Waals surface area contributed by atoms with Crippen molar-refractivity contribution in [1.82, 2.24) is 0 Å². The van der Waals surface area contributed by atoms with Crippen LogP contribution in [0.25, 0.3) is 0 Å². The topological polar surface area (TPSA) is 54.0 Å². The minimum Gasteiger partial charge on any atom is -0.378 e. The minimum absolute atomic E-state index is 0.422. The molecule has 120 valence electrons. The van der Waals surface area contributed by atoms with Crippen molar-refractivity contribution in [1.29, 1.82) is 0 Å². The molecule has 2 aromatic carbocycles. The van der Waals surface area contributed by atoms with Crippen LogP contribution < -0.4 is 10.6 Å². The molecular weight excluding hydrogens is 328 g/mol. The lowest BCUT2D eigenvalue weighted by atomic mass is 10.2. The Labute approximate surface area is 146 Å². The first-order chi connectivity index (χ1) is 11.1. The van der Waals surface area contributed by atoms with E-state index in [2.05, 4.69) is 22.3 Å². The van der Waals surface area contributed by atoms with Gasteiger partial charge in [0.15, 0.2) is 5.17 Å². The van der Waals surface area contributed by atoms with Crippen molar-refractivity contribution in [2.24, 2.45) is 15.9 Å². The maximum Gasteiger partial charge on any atom is 0.180 e. The third kappa shape index (κ3) is 5.62. The van der Waals surface area contributed by atoms with Crippen LogP contribution in [0, 0.1) is 0 Å². The van der Waals surface area contributed by atoms with Crippen LogP contribution in [0.15, 0.2) is 58.7 Å². The van der Waals surface area contributed by atoms with Crippen molar-refractivity contribution in [2.45, 2.75) is 5.75 Å². The molecule has 0 aliphatic rings. The number of hydrogen-bond acceptors (Lipinski definition) is 4. The van der Waals surface area contributed by atoms with Gasteiger partial charge in [-0.25, -0.2) is 0 Å². The molecular formula is C17H19ClN4S. The maximum atomic E-state index is 6.23. The Morgan fingerprint density at radius 1 is 1.22 bits per heavy atom. The smallest absolute Gasteiger partial charge is 0.180 e. The Bertz CT molecular complexity index is 699. The molecule has 2 rings (SSSR count). The summed E-state index contributed by atoms with van der Waals surface area (Å²) in [5, 5.41) is 9.05. The molecule has 2 N–H and O–H groups in total. The van der Waals surface area contributed by atoms with Crippen LogP contribution in [-0.4, -0.2) is 25.5 Å². The monoisotopic (exact) mass is 346 g/mol. The predicted octanol–water partition coefficient (Wildman–Crippen LogP) is 3.99. The van der Waals surface area contributed by atoms with Crippen LogP contribution >= 0.6 is 23.4 Å². The van der Waals surface area contributed by atoms with E-state index in [4.69, 9.17) is 17.3 Å². The van der Waals surface area contributed by atoms with E-state index >= 15 is 0 Å². The molecule has 0 atom stereocenters. The van der Waals surface area contributed by atoms with Gasteiger partial charge in [-0.2, -0.15) is 5.10 Å². The van der Waals surface area contributed by atoms with E-state index in [0.29, 0.717) is 10.2 Å². The second-order valence-electron chi connectivity index (χ2n) is 5.06. The van der Waals surface area contributed by atoms with E-state index in [9.17, 15) is 0 Å². The van der Waals surface area contributed by atoms with Crippen LogP contribution in [0.2, 0.25) is 5.02 Å². The molecule has 0 unspecified atom stereocenters. The number of thioether (sulfide) groups is 1. The number of amidine groups is 1. The Morgan fingerprint density at radius 3 is 2.61 bits per heavy atom. The van der Waals surface area contributed by atoms with E-state index in [0.717, 1.165) is 17.0 Å². The molecule has 0 radical (unpaired) electrons. The maximum absolute atomic E-state index is 6.23. The first-order valence-electron chi connectivity index (χ1n) is 7.06. The third-order valence-electron chi connectivity index (χ3n) is 3.08. The summed E-state index contributed by atoms with van der Waals surface area (Å²) in [6.07, 6.45) is 1.61. The highest BCUT2D eigenvalue weighted by atomic mass is 35.5. The zero-order valence-corrected chi connectivity index (χ0v) is 14.7. The number of nitrogens with two attached hydrogens (primary N) is 1. The molecule has 0 spiro atoms. The number of nitrogens with zero attached hydrogens (tertiary/aromatic N) is 3. The second kappa shape index (κ2) is 8.60. The molecule has 0 fully saturated rings. The van der Waals surface area contributed by atoms with Crippen molar-refractivity contribution in [2.75, 3.05) is 19.0 Å². The highest BCUT2D eigenvalue weighted by Gasteiger charge is 2.01. The highest BCUT2D eigenvalue weighted by molar-refractivity contribution is 8.13. The fourth-order valence-electron chi connectivity index (χ4n) is 1.81.